The topological polar surface area (TPSA) is 131 Å². The van der Waals surface area contributed by atoms with Crippen molar-refractivity contribution in [3.05, 3.63) is 57.1 Å². The molecule has 1 fully saturated rings. The molecule has 0 radical (unpaired) electrons. The van der Waals surface area contributed by atoms with E-state index >= 15 is 0 Å². The Hall–Kier alpha value is -3.02. The summed E-state index contributed by atoms with van der Waals surface area (Å²) in [6.07, 6.45) is 1.27. The summed E-state index contributed by atoms with van der Waals surface area (Å²) < 4.78 is 53.8. The number of benzene rings is 3. The van der Waals surface area contributed by atoms with E-state index in [2.05, 4.69) is 94.5 Å². The Bertz CT molecular complexity index is 2200. The van der Waals surface area contributed by atoms with Crippen LogP contribution in [0.3, 0.4) is 0 Å². The third-order valence-corrected chi connectivity index (χ3v) is 26.0. The highest BCUT2D eigenvalue weighted by atomic mass is 28.4. The second-order valence-electron chi connectivity index (χ2n) is 21.2. The normalized spacial score (nSPS) is 23.5. The molecule has 0 unspecified atom stereocenters. The molecular formula is C51H76O11Si2. The minimum Gasteiger partial charge on any atom is -0.543 e. The van der Waals surface area contributed by atoms with Gasteiger partial charge in [-0.3, -0.25) is 4.79 Å². The summed E-state index contributed by atoms with van der Waals surface area (Å²) in [5.41, 5.74) is 6.40. The van der Waals surface area contributed by atoms with Gasteiger partial charge in [0.1, 0.15) is 23.0 Å². The Kier molecular flexibility index (Phi) is 13.9. The lowest BCUT2D eigenvalue weighted by molar-refractivity contribution is -0.187. The van der Waals surface area contributed by atoms with Gasteiger partial charge in [-0.25, -0.2) is 0 Å². The van der Waals surface area contributed by atoms with Crippen molar-refractivity contribution in [2.75, 3.05) is 40.6 Å². The number of phenols is 1. The number of Topliss-reactive ketones (excluding diaryl/α,β-unsaturated/α-hetero) is 1. The zero-order chi connectivity index (χ0) is 46.8. The summed E-state index contributed by atoms with van der Waals surface area (Å²) in [6, 6.07) is 6.02. The van der Waals surface area contributed by atoms with E-state index in [0.29, 0.717) is 70.7 Å². The third-order valence-electron chi connectivity index (χ3n) is 15.5. The Morgan fingerprint density at radius 3 is 1.98 bits per heavy atom. The average molecular weight is 921 g/mol. The zero-order valence-electron chi connectivity index (χ0n) is 41.3. The number of hydrogen-bond acceptors (Lipinski definition) is 11. The lowest BCUT2D eigenvalue weighted by atomic mass is 9.71. The number of fused-ring (bicyclic) bond motifs is 5. The molecule has 1 spiro atoms. The summed E-state index contributed by atoms with van der Waals surface area (Å²) in [6.45, 7) is 30.2. The number of rotatable bonds is 14. The first-order valence-electron chi connectivity index (χ1n) is 23.8. The molecule has 3 heterocycles. The van der Waals surface area contributed by atoms with Crippen LogP contribution in [-0.2, 0) is 42.0 Å². The van der Waals surface area contributed by atoms with Crippen molar-refractivity contribution in [3.8, 4) is 23.0 Å². The maximum atomic E-state index is 14.6. The minimum absolute atomic E-state index is 0.0132. The summed E-state index contributed by atoms with van der Waals surface area (Å²) in [5, 5.41) is 23.5. The molecule has 354 valence electrons. The van der Waals surface area contributed by atoms with Crippen LogP contribution in [0, 0.1) is 0 Å². The number of aliphatic hydroxyl groups excluding tert-OH is 1. The van der Waals surface area contributed by atoms with Gasteiger partial charge in [0.25, 0.3) is 8.32 Å². The SMILES string of the molecule is COc1c2c(c(OC)c3c(O[Si](C)(C)C(C)(C)C)cc([C@@H]4CC(=O)c5cc6c(c(O)c5C45OCCO5)[C@H](C)O[C@@H](CCO)C6)cc13)C[C@H](CCO[Si](C(C)C)(C(C)C)C(C)C)O[C@H]2C. The predicted molar refractivity (Wildman–Crippen MR) is 256 cm³/mol. The summed E-state index contributed by atoms with van der Waals surface area (Å²) >= 11 is 0. The molecule has 1 saturated heterocycles. The molecule has 0 bridgehead atoms. The molecule has 64 heavy (non-hydrogen) atoms. The summed E-state index contributed by atoms with van der Waals surface area (Å²) in [4.78, 5) is 14.6. The summed E-state index contributed by atoms with van der Waals surface area (Å²) in [7, 11) is -1.16. The van der Waals surface area contributed by atoms with Crippen LogP contribution < -0.4 is 13.9 Å². The van der Waals surface area contributed by atoms with Gasteiger partial charge in [-0.2, -0.15) is 0 Å². The van der Waals surface area contributed by atoms with Gasteiger partial charge in [0.15, 0.2) is 14.1 Å². The number of methoxy groups -OCH3 is 2. The van der Waals surface area contributed by atoms with Gasteiger partial charge in [0.05, 0.1) is 68.7 Å². The standard InChI is InChI=1S/C51H76O11Si2/c1-28(2)64(29(3)4,30(5)6)59-19-17-36-26-39-44(32(8)61-36)48(55-12)38-23-33(25-42(45(38)49(39)56-13)62-63(14,15)50(9,10)11)40-27-41(53)37-24-34-22-35(16-18-52)60-31(7)43(34)47(54)46(37)51(40)57-20-21-58-51/h23-25,28-32,35-36,40,52,54H,16-22,26-27H2,1-15H3/t31-,32-,35-,36-,40-/m0/s1. The van der Waals surface area contributed by atoms with Crippen LogP contribution in [0.25, 0.3) is 10.8 Å². The predicted octanol–water partition coefficient (Wildman–Crippen LogP) is 11.5. The number of phenolic OH excluding ortho intramolecular Hbond substituents is 1. The molecule has 2 N–H and O–H groups in total. The first-order chi connectivity index (χ1) is 30.1. The van der Waals surface area contributed by atoms with Crippen molar-refractivity contribution >= 4 is 33.2 Å². The Morgan fingerprint density at radius 2 is 1.42 bits per heavy atom. The first kappa shape index (κ1) is 48.9. The van der Waals surface area contributed by atoms with E-state index in [0.717, 1.165) is 45.2 Å². The average Bonchev–Trinajstić information content (AvgIpc) is 3.68. The molecule has 0 saturated carbocycles. The molecule has 7 rings (SSSR count). The van der Waals surface area contributed by atoms with E-state index in [4.69, 9.17) is 37.3 Å². The fourth-order valence-corrected chi connectivity index (χ4v) is 18.2. The maximum absolute atomic E-state index is 14.6. The Labute approximate surface area is 384 Å². The lowest BCUT2D eigenvalue weighted by Crippen LogP contribution is -2.48. The molecular weight excluding hydrogens is 845 g/mol. The van der Waals surface area contributed by atoms with Crippen molar-refractivity contribution in [1.29, 1.82) is 0 Å². The molecule has 3 aliphatic heterocycles. The van der Waals surface area contributed by atoms with E-state index in [1.807, 2.05) is 13.0 Å². The third kappa shape index (κ3) is 8.15. The molecule has 0 amide bonds. The van der Waals surface area contributed by atoms with E-state index in [9.17, 15) is 15.0 Å². The quantitative estimate of drug-likeness (QED) is 0.150. The van der Waals surface area contributed by atoms with Crippen molar-refractivity contribution in [3.63, 3.8) is 0 Å². The van der Waals surface area contributed by atoms with Crippen LogP contribution >= 0.6 is 0 Å². The van der Waals surface area contributed by atoms with Crippen molar-refractivity contribution in [1.82, 2.24) is 0 Å². The monoisotopic (exact) mass is 920 g/mol. The number of carbonyl (C=O) groups is 1. The van der Waals surface area contributed by atoms with Crippen LogP contribution in [0.2, 0.25) is 34.8 Å². The van der Waals surface area contributed by atoms with E-state index in [-0.39, 0.29) is 61.1 Å². The number of carbonyl (C=O) groups excluding carboxylic acids is 1. The molecule has 3 aromatic rings. The molecule has 11 nitrogen and oxygen atoms in total. The highest BCUT2D eigenvalue weighted by Crippen LogP contribution is 2.59. The highest BCUT2D eigenvalue weighted by Gasteiger charge is 2.56. The summed E-state index contributed by atoms with van der Waals surface area (Å²) in [5.74, 6) is -0.227. The number of hydrogen-bond donors (Lipinski definition) is 2. The zero-order valence-corrected chi connectivity index (χ0v) is 43.3. The minimum atomic E-state index is -2.51. The van der Waals surface area contributed by atoms with Gasteiger partial charge in [-0.15, -0.1) is 0 Å². The lowest BCUT2D eigenvalue weighted by Gasteiger charge is -2.43. The van der Waals surface area contributed by atoms with Crippen LogP contribution in [-0.4, -0.2) is 85.5 Å². The van der Waals surface area contributed by atoms with E-state index in [1.54, 1.807) is 14.2 Å². The molecule has 5 atom stereocenters. The molecule has 0 aromatic heterocycles. The maximum Gasteiger partial charge on any atom is 0.250 e. The van der Waals surface area contributed by atoms with Crippen LogP contribution in [0.4, 0.5) is 0 Å². The van der Waals surface area contributed by atoms with Crippen LogP contribution in [0.5, 0.6) is 23.0 Å². The van der Waals surface area contributed by atoms with Gasteiger partial charge >= 0.3 is 0 Å². The largest absolute Gasteiger partial charge is 0.543 e. The second kappa shape index (κ2) is 18.2. The molecule has 4 aliphatic rings. The number of ether oxygens (including phenoxy) is 6. The molecule has 3 aromatic carbocycles. The number of aliphatic hydroxyl groups is 1. The van der Waals surface area contributed by atoms with Gasteiger partial charge < -0.3 is 47.5 Å². The Balaban J connectivity index is 1.39. The second-order valence-corrected chi connectivity index (χ2v) is 31.4. The van der Waals surface area contributed by atoms with Crippen molar-refractivity contribution in [2.24, 2.45) is 0 Å². The van der Waals surface area contributed by atoms with Crippen LogP contribution in [0.1, 0.15) is 157 Å². The van der Waals surface area contributed by atoms with Crippen molar-refractivity contribution in [2.45, 2.75) is 179 Å². The van der Waals surface area contributed by atoms with Crippen molar-refractivity contribution < 1.29 is 52.3 Å². The fourth-order valence-electron chi connectivity index (χ4n) is 11.7. The first-order valence-corrected chi connectivity index (χ1v) is 28.8. The fraction of sp³-hybridized carbons (Fsp3) is 0.667. The van der Waals surface area contributed by atoms with Crippen LogP contribution in [0.15, 0.2) is 18.2 Å². The highest BCUT2D eigenvalue weighted by molar-refractivity contribution is 6.77. The van der Waals surface area contributed by atoms with Gasteiger partial charge in [-0.1, -0.05) is 62.3 Å². The Morgan fingerprint density at radius 1 is 0.828 bits per heavy atom. The van der Waals surface area contributed by atoms with E-state index in [1.165, 1.54) is 0 Å². The number of ketones is 1. The molecule has 13 heteroatoms. The van der Waals surface area contributed by atoms with Gasteiger partial charge in [0, 0.05) is 53.7 Å². The van der Waals surface area contributed by atoms with Gasteiger partial charge in [-0.05, 0) is 97.2 Å². The number of aromatic hydroxyl groups is 1. The molecule has 1 aliphatic carbocycles. The van der Waals surface area contributed by atoms with Gasteiger partial charge in [0.2, 0.25) is 5.79 Å². The smallest absolute Gasteiger partial charge is 0.250 e. The van der Waals surface area contributed by atoms with E-state index < -0.39 is 34.4 Å².